The number of piperazine rings is 1. The van der Waals surface area contributed by atoms with E-state index in [1.54, 1.807) is 12.1 Å². The van der Waals surface area contributed by atoms with Gasteiger partial charge in [0.15, 0.2) is 23.4 Å². The van der Waals surface area contributed by atoms with Gasteiger partial charge in [-0.15, -0.1) is 34.2 Å². The first-order valence-electron chi connectivity index (χ1n) is 9.94. The predicted molar refractivity (Wildman–Crippen MR) is 126 cm³/mol. The SMILES string of the molecule is CCNC(=NCc1nnc(C)n1C)N1CCN(Cc2ccc(OC)c(F)c2)CC1.I. The summed E-state index contributed by atoms with van der Waals surface area (Å²) in [5.41, 5.74) is 0.954. The fourth-order valence-electron chi connectivity index (χ4n) is 3.34. The van der Waals surface area contributed by atoms with Crippen molar-refractivity contribution in [3.63, 3.8) is 0 Å². The minimum Gasteiger partial charge on any atom is -0.494 e. The molecule has 0 unspecified atom stereocenters. The first kappa shape index (κ1) is 24.3. The number of hydrogen-bond acceptors (Lipinski definition) is 5. The highest BCUT2D eigenvalue weighted by atomic mass is 127. The molecule has 1 fully saturated rings. The zero-order valence-electron chi connectivity index (χ0n) is 18.1. The molecule has 30 heavy (non-hydrogen) atoms. The molecule has 1 aromatic heterocycles. The van der Waals surface area contributed by atoms with E-state index in [2.05, 4.69) is 32.2 Å². The number of aryl methyl sites for hydroxylation is 1. The molecule has 3 rings (SSSR count). The highest BCUT2D eigenvalue weighted by molar-refractivity contribution is 14.0. The van der Waals surface area contributed by atoms with Crippen LogP contribution in [0.5, 0.6) is 5.75 Å². The summed E-state index contributed by atoms with van der Waals surface area (Å²) in [5, 5.41) is 11.6. The average molecular weight is 531 g/mol. The minimum atomic E-state index is -0.316. The molecule has 10 heteroatoms. The molecule has 1 N–H and O–H groups in total. The van der Waals surface area contributed by atoms with Crippen LogP contribution in [0.1, 0.15) is 24.1 Å². The second kappa shape index (κ2) is 11.4. The van der Waals surface area contributed by atoms with Crippen LogP contribution in [-0.4, -0.2) is 70.4 Å². The molecule has 0 radical (unpaired) electrons. The third kappa shape index (κ3) is 6.03. The molecule has 8 nitrogen and oxygen atoms in total. The van der Waals surface area contributed by atoms with Gasteiger partial charge in [0.1, 0.15) is 12.4 Å². The van der Waals surface area contributed by atoms with Gasteiger partial charge in [-0.1, -0.05) is 6.07 Å². The fraction of sp³-hybridized carbons (Fsp3) is 0.550. The summed E-state index contributed by atoms with van der Waals surface area (Å²) in [5.74, 6) is 2.58. The number of halogens is 2. The minimum absolute atomic E-state index is 0. The quantitative estimate of drug-likeness (QED) is 0.350. The number of guanidine groups is 1. The molecule has 1 aliphatic heterocycles. The Labute approximate surface area is 194 Å². The molecule has 0 atom stereocenters. The van der Waals surface area contributed by atoms with Crippen molar-refractivity contribution < 1.29 is 9.13 Å². The second-order valence-electron chi connectivity index (χ2n) is 7.12. The number of nitrogens with one attached hydrogen (secondary N) is 1. The van der Waals surface area contributed by atoms with Gasteiger partial charge in [0.25, 0.3) is 0 Å². The lowest BCUT2D eigenvalue weighted by Crippen LogP contribution is -2.52. The molecular weight excluding hydrogens is 500 g/mol. The zero-order valence-corrected chi connectivity index (χ0v) is 20.4. The Hall–Kier alpha value is -1.95. The second-order valence-corrected chi connectivity index (χ2v) is 7.12. The van der Waals surface area contributed by atoms with E-state index < -0.39 is 0 Å². The Morgan fingerprint density at radius 2 is 1.97 bits per heavy atom. The Kier molecular flexibility index (Phi) is 9.28. The normalized spacial score (nSPS) is 15.1. The van der Waals surface area contributed by atoms with Crippen LogP contribution in [0, 0.1) is 12.7 Å². The Balaban J connectivity index is 0.00000320. The number of methoxy groups -OCH3 is 1. The molecule has 0 bridgehead atoms. The molecule has 0 saturated carbocycles. The van der Waals surface area contributed by atoms with Crippen LogP contribution in [0.4, 0.5) is 4.39 Å². The van der Waals surface area contributed by atoms with Gasteiger partial charge in [0, 0.05) is 46.3 Å². The molecule has 2 heterocycles. The number of aromatic nitrogens is 3. The first-order chi connectivity index (χ1) is 14.0. The monoisotopic (exact) mass is 531 g/mol. The molecule has 1 saturated heterocycles. The summed E-state index contributed by atoms with van der Waals surface area (Å²) in [4.78, 5) is 9.34. The maximum Gasteiger partial charge on any atom is 0.194 e. The highest BCUT2D eigenvalue weighted by Gasteiger charge is 2.20. The van der Waals surface area contributed by atoms with Crippen molar-refractivity contribution in [1.82, 2.24) is 29.9 Å². The molecule has 0 amide bonds. The van der Waals surface area contributed by atoms with Gasteiger partial charge in [-0.2, -0.15) is 0 Å². The molecular formula is C20H31FIN7O. The lowest BCUT2D eigenvalue weighted by atomic mass is 10.2. The van der Waals surface area contributed by atoms with E-state index in [9.17, 15) is 4.39 Å². The molecule has 1 aromatic carbocycles. The Morgan fingerprint density at radius 1 is 1.23 bits per heavy atom. The maximum absolute atomic E-state index is 13.9. The van der Waals surface area contributed by atoms with Gasteiger partial charge < -0.3 is 19.5 Å². The van der Waals surface area contributed by atoms with Crippen LogP contribution in [0.3, 0.4) is 0 Å². The van der Waals surface area contributed by atoms with Crippen LogP contribution < -0.4 is 10.1 Å². The van der Waals surface area contributed by atoms with Gasteiger partial charge in [0.2, 0.25) is 0 Å². The van der Waals surface area contributed by atoms with Crippen LogP contribution in [0.15, 0.2) is 23.2 Å². The van der Waals surface area contributed by atoms with Crippen LogP contribution in [0.2, 0.25) is 0 Å². The molecule has 0 spiro atoms. The number of rotatable bonds is 6. The molecule has 2 aromatic rings. The highest BCUT2D eigenvalue weighted by Crippen LogP contribution is 2.19. The lowest BCUT2D eigenvalue weighted by Gasteiger charge is -2.36. The van der Waals surface area contributed by atoms with E-state index in [0.29, 0.717) is 6.54 Å². The van der Waals surface area contributed by atoms with Crippen molar-refractivity contribution in [2.24, 2.45) is 12.0 Å². The average Bonchev–Trinajstić information content (AvgIpc) is 3.04. The topological polar surface area (TPSA) is 70.8 Å². The largest absolute Gasteiger partial charge is 0.494 e. The molecule has 0 aliphatic carbocycles. The van der Waals surface area contributed by atoms with Gasteiger partial charge in [-0.25, -0.2) is 9.38 Å². The van der Waals surface area contributed by atoms with E-state index in [-0.39, 0.29) is 35.5 Å². The summed E-state index contributed by atoms with van der Waals surface area (Å²) in [6.45, 7) is 9.52. The first-order valence-corrected chi connectivity index (χ1v) is 9.94. The van der Waals surface area contributed by atoms with Crippen molar-refractivity contribution >= 4 is 29.9 Å². The van der Waals surface area contributed by atoms with Crippen LogP contribution in [0.25, 0.3) is 0 Å². The number of ether oxygens (including phenoxy) is 1. The summed E-state index contributed by atoms with van der Waals surface area (Å²) < 4.78 is 20.9. The van der Waals surface area contributed by atoms with Crippen LogP contribution >= 0.6 is 24.0 Å². The van der Waals surface area contributed by atoms with E-state index in [1.807, 2.05) is 24.6 Å². The Bertz CT molecular complexity index is 850. The van der Waals surface area contributed by atoms with Crippen molar-refractivity contribution in [3.05, 3.63) is 41.2 Å². The molecule has 166 valence electrons. The summed E-state index contributed by atoms with van der Waals surface area (Å²) in [6.07, 6.45) is 0. The number of benzene rings is 1. The van der Waals surface area contributed by atoms with Gasteiger partial charge >= 0.3 is 0 Å². The van der Waals surface area contributed by atoms with E-state index >= 15 is 0 Å². The van der Waals surface area contributed by atoms with Gasteiger partial charge in [-0.05, 0) is 31.5 Å². The van der Waals surface area contributed by atoms with Crippen molar-refractivity contribution in [2.75, 3.05) is 39.8 Å². The summed E-state index contributed by atoms with van der Waals surface area (Å²) >= 11 is 0. The van der Waals surface area contributed by atoms with E-state index in [1.165, 1.54) is 7.11 Å². The lowest BCUT2D eigenvalue weighted by molar-refractivity contribution is 0.172. The maximum atomic E-state index is 13.9. The van der Waals surface area contributed by atoms with Crippen molar-refractivity contribution in [1.29, 1.82) is 0 Å². The Morgan fingerprint density at radius 3 is 2.53 bits per heavy atom. The molecule has 1 aliphatic rings. The third-order valence-corrected chi connectivity index (χ3v) is 5.18. The van der Waals surface area contributed by atoms with E-state index in [0.717, 1.165) is 62.4 Å². The zero-order chi connectivity index (χ0) is 20.8. The number of hydrogen-bond donors (Lipinski definition) is 1. The van der Waals surface area contributed by atoms with Crippen molar-refractivity contribution in [3.8, 4) is 5.75 Å². The van der Waals surface area contributed by atoms with Crippen LogP contribution in [-0.2, 0) is 20.1 Å². The smallest absolute Gasteiger partial charge is 0.194 e. The number of nitrogens with zero attached hydrogens (tertiary/aromatic N) is 6. The van der Waals surface area contributed by atoms with Crippen molar-refractivity contribution in [2.45, 2.75) is 26.9 Å². The fourth-order valence-corrected chi connectivity index (χ4v) is 3.34. The summed E-state index contributed by atoms with van der Waals surface area (Å²) in [6, 6.07) is 5.16. The van der Waals surface area contributed by atoms with Gasteiger partial charge in [-0.3, -0.25) is 4.90 Å². The predicted octanol–water partition coefficient (Wildman–Crippen LogP) is 2.17. The van der Waals surface area contributed by atoms with E-state index in [4.69, 9.17) is 9.73 Å². The summed E-state index contributed by atoms with van der Waals surface area (Å²) in [7, 11) is 3.43. The van der Waals surface area contributed by atoms with Gasteiger partial charge in [0.05, 0.1) is 7.11 Å². The third-order valence-electron chi connectivity index (χ3n) is 5.18. The number of aliphatic imine (C=N–C) groups is 1. The standard InChI is InChI=1S/C20H30FN7O.HI/c1-5-22-20(23-13-19-25-24-15(2)26(19)3)28-10-8-27(9-11-28)14-16-6-7-18(29-4)17(21)12-16;/h6-7,12H,5,8-11,13-14H2,1-4H3,(H,22,23);1H.